The average Bonchev–Trinajstić information content (AvgIpc) is 2.52. The molecule has 1 heterocycles. The molecule has 0 bridgehead atoms. The van der Waals surface area contributed by atoms with Crippen molar-refractivity contribution in [2.75, 3.05) is 45.0 Å². The van der Waals surface area contributed by atoms with Gasteiger partial charge in [0.2, 0.25) is 5.91 Å². The van der Waals surface area contributed by atoms with Crippen LogP contribution >= 0.6 is 0 Å². The van der Waals surface area contributed by atoms with Crippen LogP contribution in [-0.2, 0) is 11.2 Å². The number of hydrogen-bond acceptors (Lipinski definition) is 4. The minimum atomic E-state index is 0.132. The third-order valence-corrected chi connectivity index (χ3v) is 3.80. The quantitative estimate of drug-likeness (QED) is 0.508. The Labute approximate surface area is 126 Å². The topological polar surface area (TPSA) is 70.4 Å². The van der Waals surface area contributed by atoms with Crippen molar-refractivity contribution in [3.05, 3.63) is 29.8 Å². The number of aryl methyl sites for hydroxylation is 1. The number of rotatable bonds is 7. The first-order valence-corrected chi connectivity index (χ1v) is 7.78. The summed E-state index contributed by atoms with van der Waals surface area (Å²) in [5.41, 5.74) is 7.55. The van der Waals surface area contributed by atoms with Gasteiger partial charge in [0.05, 0.1) is 0 Å². The van der Waals surface area contributed by atoms with Gasteiger partial charge in [0.25, 0.3) is 0 Å². The van der Waals surface area contributed by atoms with Crippen LogP contribution in [0.1, 0.15) is 18.4 Å². The van der Waals surface area contributed by atoms with Crippen LogP contribution in [0.3, 0.4) is 0 Å². The Bertz CT molecular complexity index is 426. The Kier molecular flexibility index (Phi) is 6.50. The number of nitrogens with two attached hydrogens (primary N) is 1. The van der Waals surface area contributed by atoms with Crippen molar-refractivity contribution in [3.8, 4) is 0 Å². The van der Waals surface area contributed by atoms with Gasteiger partial charge in [-0.25, -0.2) is 0 Å². The number of anilines is 1. The molecule has 0 radical (unpaired) electrons. The zero-order chi connectivity index (χ0) is 14.9. The maximum absolute atomic E-state index is 11.8. The van der Waals surface area contributed by atoms with Crippen LogP contribution in [0.15, 0.2) is 24.3 Å². The highest BCUT2D eigenvalue weighted by Gasteiger charge is 2.08. The summed E-state index contributed by atoms with van der Waals surface area (Å²) in [6.45, 7) is 6.22. The van der Waals surface area contributed by atoms with Crippen molar-refractivity contribution in [2.45, 2.75) is 19.3 Å². The number of carbonyl (C=O) groups is 1. The number of nitrogens with one attached hydrogen (secondary N) is 2. The van der Waals surface area contributed by atoms with Gasteiger partial charge in [-0.05, 0) is 37.1 Å². The van der Waals surface area contributed by atoms with Gasteiger partial charge in [-0.2, -0.15) is 0 Å². The van der Waals surface area contributed by atoms with E-state index in [4.69, 9.17) is 5.73 Å². The minimum Gasteiger partial charge on any atom is -0.399 e. The molecule has 1 aliphatic heterocycles. The van der Waals surface area contributed by atoms with E-state index in [9.17, 15) is 4.79 Å². The average molecular weight is 290 g/mol. The number of nitrogens with zero attached hydrogens (tertiary/aromatic N) is 1. The Morgan fingerprint density at radius 1 is 1.24 bits per heavy atom. The highest BCUT2D eigenvalue weighted by Crippen LogP contribution is 2.07. The van der Waals surface area contributed by atoms with Crippen LogP contribution in [0.25, 0.3) is 0 Å². The SMILES string of the molecule is Nc1ccc(CCC(=O)NCCCN2CCNCC2)cc1. The summed E-state index contributed by atoms with van der Waals surface area (Å²) in [7, 11) is 0. The third kappa shape index (κ3) is 6.14. The normalized spacial score (nSPS) is 15.8. The van der Waals surface area contributed by atoms with Crippen LogP contribution in [0.5, 0.6) is 0 Å². The molecule has 1 aliphatic rings. The van der Waals surface area contributed by atoms with E-state index in [1.54, 1.807) is 0 Å². The predicted octanol–water partition coefficient (Wildman–Crippen LogP) is 0.613. The summed E-state index contributed by atoms with van der Waals surface area (Å²) in [6, 6.07) is 7.71. The summed E-state index contributed by atoms with van der Waals surface area (Å²) in [5.74, 6) is 0.132. The standard InChI is InChI=1S/C16H26N4O/c17-15-5-2-14(3-6-15)4-7-16(21)19-8-1-11-20-12-9-18-10-13-20/h2-3,5-6,18H,1,4,7-13,17H2,(H,19,21). The molecular formula is C16H26N4O. The first-order chi connectivity index (χ1) is 10.2. The van der Waals surface area contributed by atoms with Crippen molar-refractivity contribution in [3.63, 3.8) is 0 Å². The fourth-order valence-electron chi connectivity index (χ4n) is 2.50. The molecule has 0 aliphatic carbocycles. The monoisotopic (exact) mass is 290 g/mol. The number of piperazine rings is 1. The lowest BCUT2D eigenvalue weighted by Crippen LogP contribution is -2.44. The molecule has 5 heteroatoms. The first-order valence-electron chi connectivity index (χ1n) is 7.78. The summed E-state index contributed by atoms with van der Waals surface area (Å²) in [5, 5.41) is 6.34. The highest BCUT2D eigenvalue weighted by atomic mass is 16.1. The molecule has 5 nitrogen and oxygen atoms in total. The molecule has 0 atom stereocenters. The second-order valence-corrected chi connectivity index (χ2v) is 5.54. The van der Waals surface area contributed by atoms with Crippen LogP contribution in [-0.4, -0.2) is 50.1 Å². The Morgan fingerprint density at radius 2 is 1.95 bits per heavy atom. The van der Waals surface area contributed by atoms with Gasteiger partial charge in [0.15, 0.2) is 0 Å². The molecule has 1 aromatic carbocycles. The second-order valence-electron chi connectivity index (χ2n) is 5.54. The van der Waals surface area contributed by atoms with E-state index >= 15 is 0 Å². The molecule has 1 fully saturated rings. The van der Waals surface area contributed by atoms with Gasteiger partial charge in [-0.3, -0.25) is 4.79 Å². The smallest absolute Gasteiger partial charge is 0.220 e. The van der Waals surface area contributed by atoms with E-state index in [0.717, 1.165) is 63.4 Å². The van der Waals surface area contributed by atoms with Gasteiger partial charge < -0.3 is 21.3 Å². The summed E-state index contributed by atoms with van der Waals surface area (Å²) in [6.07, 6.45) is 2.33. The van der Waals surface area contributed by atoms with Crippen LogP contribution in [0, 0.1) is 0 Å². The van der Waals surface area contributed by atoms with E-state index in [1.165, 1.54) is 0 Å². The molecule has 21 heavy (non-hydrogen) atoms. The second kappa shape index (κ2) is 8.64. The number of nitrogen functional groups attached to an aromatic ring is 1. The zero-order valence-electron chi connectivity index (χ0n) is 12.6. The van der Waals surface area contributed by atoms with E-state index < -0.39 is 0 Å². The van der Waals surface area contributed by atoms with Crippen LogP contribution in [0.4, 0.5) is 5.69 Å². The number of benzene rings is 1. The molecule has 0 spiro atoms. The fourth-order valence-corrected chi connectivity index (χ4v) is 2.50. The third-order valence-electron chi connectivity index (χ3n) is 3.80. The number of carbonyl (C=O) groups excluding carboxylic acids is 1. The van der Waals surface area contributed by atoms with Crippen LogP contribution < -0.4 is 16.4 Å². The van der Waals surface area contributed by atoms with Crippen LogP contribution in [0.2, 0.25) is 0 Å². The van der Waals surface area contributed by atoms with Crippen molar-refractivity contribution >= 4 is 11.6 Å². The molecule has 1 amide bonds. The summed E-state index contributed by atoms with van der Waals surface area (Å²) >= 11 is 0. The first kappa shape index (κ1) is 15.8. The molecule has 1 aromatic rings. The van der Waals surface area contributed by atoms with Crippen molar-refractivity contribution in [1.82, 2.24) is 15.5 Å². The molecule has 1 saturated heterocycles. The van der Waals surface area contributed by atoms with E-state index in [2.05, 4.69) is 15.5 Å². The lowest BCUT2D eigenvalue weighted by atomic mass is 10.1. The fraction of sp³-hybridized carbons (Fsp3) is 0.562. The molecule has 116 valence electrons. The lowest BCUT2D eigenvalue weighted by molar-refractivity contribution is -0.121. The number of amides is 1. The van der Waals surface area contributed by atoms with Crippen molar-refractivity contribution in [2.24, 2.45) is 0 Å². The summed E-state index contributed by atoms with van der Waals surface area (Å²) in [4.78, 5) is 14.2. The van der Waals surface area contributed by atoms with Crippen molar-refractivity contribution in [1.29, 1.82) is 0 Å². The molecule has 0 saturated carbocycles. The van der Waals surface area contributed by atoms with Gasteiger partial charge in [-0.1, -0.05) is 12.1 Å². The predicted molar refractivity (Wildman–Crippen MR) is 86.1 cm³/mol. The molecule has 0 unspecified atom stereocenters. The molecule has 2 rings (SSSR count). The van der Waals surface area contributed by atoms with E-state index in [0.29, 0.717) is 6.42 Å². The zero-order valence-corrected chi connectivity index (χ0v) is 12.6. The maximum atomic E-state index is 11.8. The van der Waals surface area contributed by atoms with Gasteiger partial charge >= 0.3 is 0 Å². The van der Waals surface area contributed by atoms with E-state index in [1.807, 2.05) is 24.3 Å². The minimum absolute atomic E-state index is 0.132. The van der Waals surface area contributed by atoms with Gasteiger partial charge in [0, 0.05) is 44.8 Å². The Morgan fingerprint density at radius 3 is 2.67 bits per heavy atom. The Balaban J connectivity index is 1.54. The summed E-state index contributed by atoms with van der Waals surface area (Å²) < 4.78 is 0. The largest absolute Gasteiger partial charge is 0.399 e. The molecular weight excluding hydrogens is 264 g/mol. The highest BCUT2D eigenvalue weighted by molar-refractivity contribution is 5.76. The van der Waals surface area contributed by atoms with Crippen molar-refractivity contribution < 1.29 is 4.79 Å². The molecule has 4 N–H and O–H groups in total. The molecule has 0 aromatic heterocycles. The van der Waals surface area contributed by atoms with Gasteiger partial charge in [-0.15, -0.1) is 0 Å². The van der Waals surface area contributed by atoms with E-state index in [-0.39, 0.29) is 5.91 Å². The Hall–Kier alpha value is -1.59. The maximum Gasteiger partial charge on any atom is 0.220 e. The van der Waals surface area contributed by atoms with Gasteiger partial charge in [0.1, 0.15) is 0 Å². The number of hydrogen-bond donors (Lipinski definition) is 3. The lowest BCUT2D eigenvalue weighted by Gasteiger charge is -2.27.